The Bertz CT molecular complexity index is 780. The van der Waals surface area contributed by atoms with Crippen LogP contribution in [0.4, 0.5) is 5.69 Å². The van der Waals surface area contributed by atoms with Gasteiger partial charge in [0, 0.05) is 18.3 Å². The number of amides is 1. The molecule has 0 aliphatic carbocycles. The second kappa shape index (κ2) is 4.21. The third-order valence-corrected chi connectivity index (χ3v) is 3.92. The number of carbonyl (C=O) groups excluding carboxylic acids is 2. The highest BCUT2D eigenvalue weighted by Gasteiger charge is 2.50. The molecule has 110 valence electrons. The van der Waals surface area contributed by atoms with E-state index in [0.29, 0.717) is 22.3 Å². The first-order chi connectivity index (χ1) is 9.89. The van der Waals surface area contributed by atoms with Crippen LogP contribution in [0.1, 0.15) is 19.4 Å². The molecule has 1 atom stereocenters. The summed E-state index contributed by atoms with van der Waals surface area (Å²) in [4.78, 5) is 28.4. The topological polar surface area (TPSA) is 93.5 Å². The Hall–Kier alpha value is -2.57. The lowest BCUT2D eigenvalue weighted by Gasteiger charge is -2.19. The number of fused-ring (bicyclic) bond motifs is 2. The normalized spacial score (nSPS) is 20.4. The molecule has 2 heterocycles. The van der Waals surface area contributed by atoms with E-state index in [0.717, 1.165) is 0 Å². The molecule has 1 aliphatic heterocycles. The van der Waals surface area contributed by atoms with Gasteiger partial charge in [0.1, 0.15) is 0 Å². The van der Waals surface area contributed by atoms with Crippen molar-refractivity contribution in [3.8, 4) is 6.01 Å². The predicted octanol–water partition coefficient (Wildman–Crippen LogP) is 1.05. The summed E-state index contributed by atoms with van der Waals surface area (Å²) in [6.45, 7) is 3.43. The average Bonchev–Trinajstić information content (AvgIpc) is 2.85. The van der Waals surface area contributed by atoms with Gasteiger partial charge in [-0.3, -0.25) is 14.2 Å². The van der Waals surface area contributed by atoms with Gasteiger partial charge in [-0.2, -0.15) is 4.98 Å². The molecule has 1 aromatic carbocycles. The number of aromatic hydroxyl groups is 1. The fourth-order valence-electron chi connectivity index (χ4n) is 2.59. The largest absolute Gasteiger partial charge is 0.480 e. The molecule has 2 aromatic rings. The molecule has 21 heavy (non-hydrogen) atoms. The van der Waals surface area contributed by atoms with Gasteiger partial charge >= 0.3 is 5.97 Å². The predicted molar refractivity (Wildman–Crippen MR) is 75.0 cm³/mol. The number of aromatic nitrogens is 2. The highest BCUT2D eigenvalue weighted by atomic mass is 16.5. The lowest BCUT2D eigenvalue weighted by molar-refractivity contribution is -0.152. The summed E-state index contributed by atoms with van der Waals surface area (Å²) in [6, 6.07) is 3.21. The molecule has 7 nitrogen and oxygen atoms in total. The van der Waals surface area contributed by atoms with Crippen molar-refractivity contribution >= 4 is 28.6 Å². The van der Waals surface area contributed by atoms with Gasteiger partial charge in [-0.15, -0.1) is 0 Å². The third kappa shape index (κ3) is 1.63. The minimum atomic E-state index is -1.39. The summed E-state index contributed by atoms with van der Waals surface area (Å²) in [6.07, 6.45) is 0. The van der Waals surface area contributed by atoms with E-state index in [1.807, 2.05) is 0 Å². The molecule has 7 heteroatoms. The van der Waals surface area contributed by atoms with E-state index >= 15 is 0 Å². The van der Waals surface area contributed by atoms with Crippen molar-refractivity contribution < 1.29 is 19.4 Å². The van der Waals surface area contributed by atoms with Crippen LogP contribution >= 0.6 is 0 Å². The Morgan fingerprint density at radius 3 is 2.90 bits per heavy atom. The SMILES string of the molecule is CCOC(=O)C1(C)C(=O)Nc2cc3nc(O)n(C)c3cc21. The second-order valence-electron chi connectivity index (χ2n) is 5.16. The summed E-state index contributed by atoms with van der Waals surface area (Å²) in [5.74, 6) is -1.01. The molecule has 0 radical (unpaired) electrons. The Labute approximate surface area is 120 Å². The lowest BCUT2D eigenvalue weighted by atomic mass is 9.83. The Morgan fingerprint density at radius 1 is 1.52 bits per heavy atom. The molecule has 3 rings (SSSR count). The van der Waals surface area contributed by atoms with Crippen LogP contribution in [0.3, 0.4) is 0 Å². The number of nitrogens with one attached hydrogen (secondary N) is 1. The summed E-state index contributed by atoms with van der Waals surface area (Å²) in [7, 11) is 1.66. The molecule has 0 spiro atoms. The smallest absolute Gasteiger partial charge is 0.326 e. The van der Waals surface area contributed by atoms with Crippen molar-refractivity contribution in [1.82, 2.24) is 9.55 Å². The maximum Gasteiger partial charge on any atom is 0.326 e. The van der Waals surface area contributed by atoms with Gasteiger partial charge in [-0.25, -0.2) is 0 Å². The number of carbonyl (C=O) groups is 2. The molecule has 0 fully saturated rings. The molecule has 1 aliphatic rings. The first-order valence-electron chi connectivity index (χ1n) is 6.58. The molecule has 0 saturated heterocycles. The van der Waals surface area contributed by atoms with Gasteiger partial charge in [0.05, 0.1) is 17.6 Å². The maximum atomic E-state index is 12.2. The summed E-state index contributed by atoms with van der Waals surface area (Å²) < 4.78 is 6.52. The van der Waals surface area contributed by atoms with E-state index in [-0.39, 0.29) is 12.6 Å². The highest BCUT2D eigenvalue weighted by molar-refractivity contribution is 6.19. The number of nitrogens with zero attached hydrogens (tertiary/aromatic N) is 2. The van der Waals surface area contributed by atoms with Crippen LogP contribution in [0, 0.1) is 0 Å². The van der Waals surface area contributed by atoms with Gasteiger partial charge in [-0.1, -0.05) is 0 Å². The molecule has 1 amide bonds. The zero-order chi connectivity index (χ0) is 15.4. The number of hydrogen-bond acceptors (Lipinski definition) is 5. The number of rotatable bonds is 2. The fraction of sp³-hybridized carbons (Fsp3) is 0.357. The molecule has 0 bridgehead atoms. The lowest BCUT2D eigenvalue weighted by Crippen LogP contribution is -2.40. The van der Waals surface area contributed by atoms with E-state index in [9.17, 15) is 14.7 Å². The van der Waals surface area contributed by atoms with Crippen LogP contribution < -0.4 is 5.32 Å². The van der Waals surface area contributed by atoms with Crippen molar-refractivity contribution in [2.45, 2.75) is 19.3 Å². The van der Waals surface area contributed by atoms with Crippen LogP contribution in [-0.4, -0.2) is 33.1 Å². The van der Waals surface area contributed by atoms with Crippen molar-refractivity contribution in [1.29, 1.82) is 0 Å². The van der Waals surface area contributed by atoms with Crippen LogP contribution in [0.15, 0.2) is 12.1 Å². The molecule has 2 N–H and O–H groups in total. The van der Waals surface area contributed by atoms with E-state index in [2.05, 4.69) is 10.3 Å². The van der Waals surface area contributed by atoms with Crippen molar-refractivity contribution in [3.63, 3.8) is 0 Å². The third-order valence-electron chi connectivity index (χ3n) is 3.92. The number of esters is 1. The van der Waals surface area contributed by atoms with E-state index in [1.165, 1.54) is 11.5 Å². The Morgan fingerprint density at radius 2 is 2.24 bits per heavy atom. The Balaban J connectivity index is 2.24. The van der Waals surface area contributed by atoms with Crippen LogP contribution in [0.2, 0.25) is 0 Å². The highest BCUT2D eigenvalue weighted by Crippen LogP contribution is 2.41. The number of aryl methyl sites for hydroxylation is 1. The molecule has 1 aromatic heterocycles. The van der Waals surface area contributed by atoms with E-state index in [1.54, 1.807) is 26.1 Å². The fourth-order valence-corrected chi connectivity index (χ4v) is 2.59. The van der Waals surface area contributed by atoms with Gasteiger partial charge in [0.25, 0.3) is 6.01 Å². The van der Waals surface area contributed by atoms with Gasteiger partial charge in [-0.05, 0) is 26.0 Å². The minimum absolute atomic E-state index is 0.127. The monoisotopic (exact) mass is 289 g/mol. The number of imidazole rings is 1. The van der Waals surface area contributed by atoms with E-state index in [4.69, 9.17) is 4.74 Å². The van der Waals surface area contributed by atoms with Gasteiger partial charge < -0.3 is 15.2 Å². The van der Waals surface area contributed by atoms with Gasteiger partial charge in [0.2, 0.25) is 5.91 Å². The first-order valence-corrected chi connectivity index (χ1v) is 6.58. The quantitative estimate of drug-likeness (QED) is 0.636. The minimum Gasteiger partial charge on any atom is -0.480 e. The van der Waals surface area contributed by atoms with Crippen LogP contribution in [0.5, 0.6) is 6.01 Å². The molecular weight excluding hydrogens is 274 g/mol. The number of anilines is 1. The zero-order valence-electron chi connectivity index (χ0n) is 11.9. The Kier molecular flexibility index (Phi) is 2.69. The molecular formula is C14H15N3O4. The number of benzene rings is 1. The van der Waals surface area contributed by atoms with Crippen molar-refractivity contribution in [2.24, 2.45) is 7.05 Å². The molecule has 0 saturated carbocycles. The summed E-state index contributed by atoms with van der Waals surface area (Å²) in [5, 5.41) is 12.3. The summed E-state index contributed by atoms with van der Waals surface area (Å²) >= 11 is 0. The molecule has 1 unspecified atom stereocenters. The maximum absolute atomic E-state index is 12.2. The number of hydrogen-bond donors (Lipinski definition) is 2. The van der Waals surface area contributed by atoms with Gasteiger partial charge in [0.15, 0.2) is 5.41 Å². The average molecular weight is 289 g/mol. The summed E-state index contributed by atoms with van der Waals surface area (Å²) in [5.41, 5.74) is 0.836. The van der Waals surface area contributed by atoms with Crippen LogP contribution in [0.25, 0.3) is 11.0 Å². The zero-order valence-corrected chi connectivity index (χ0v) is 11.9. The van der Waals surface area contributed by atoms with Crippen LogP contribution in [-0.2, 0) is 26.8 Å². The second-order valence-corrected chi connectivity index (χ2v) is 5.16. The standard InChI is InChI=1S/C14H15N3O4/c1-4-21-12(19)14(2)7-5-10-9(16-13(20)17(10)3)6-8(7)15-11(14)18/h5-6H,4H2,1-3H3,(H,15,18)(H,16,20). The van der Waals surface area contributed by atoms with Crippen molar-refractivity contribution in [2.75, 3.05) is 11.9 Å². The van der Waals surface area contributed by atoms with Crippen molar-refractivity contribution in [3.05, 3.63) is 17.7 Å². The van der Waals surface area contributed by atoms with E-state index < -0.39 is 17.3 Å². The number of ether oxygens (including phenoxy) is 1. The first kappa shape index (κ1) is 13.4.